The molecule has 3 aliphatic carbocycles. The molecule has 26 heavy (non-hydrogen) atoms. The van der Waals surface area contributed by atoms with Gasteiger partial charge in [0.15, 0.2) is 0 Å². The number of carbonyl (C=O) groups excluding carboxylic acids is 1. The standard InChI is InChI=1S/C22H25ClN2O/c23-20-7-6-17-18(24-20)4-1-5-19(17)25-21(26)13-22-8-2-3-15-9-14(11-22)10-16(15)12-22/h1,4-7,14-16H,2-3,8-13H2,(H,25,26). The van der Waals surface area contributed by atoms with Crippen molar-refractivity contribution in [3.63, 3.8) is 0 Å². The second kappa shape index (κ2) is 6.23. The van der Waals surface area contributed by atoms with Crippen molar-refractivity contribution < 1.29 is 4.79 Å². The molecule has 2 aromatic rings. The molecule has 4 heteroatoms. The lowest BCUT2D eigenvalue weighted by atomic mass is 9.65. The van der Waals surface area contributed by atoms with Gasteiger partial charge >= 0.3 is 0 Å². The van der Waals surface area contributed by atoms with E-state index in [1.165, 1.54) is 44.9 Å². The van der Waals surface area contributed by atoms with E-state index in [4.69, 9.17) is 11.6 Å². The first-order chi connectivity index (χ1) is 12.6. The zero-order valence-electron chi connectivity index (χ0n) is 15.0. The predicted molar refractivity (Wildman–Crippen MR) is 105 cm³/mol. The number of anilines is 1. The van der Waals surface area contributed by atoms with Crippen LogP contribution in [0.4, 0.5) is 5.69 Å². The van der Waals surface area contributed by atoms with Crippen molar-refractivity contribution in [1.29, 1.82) is 0 Å². The van der Waals surface area contributed by atoms with Crippen molar-refractivity contribution >= 4 is 34.1 Å². The van der Waals surface area contributed by atoms with Crippen LogP contribution in [0.15, 0.2) is 30.3 Å². The molecule has 1 N–H and O–H groups in total. The quantitative estimate of drug-likeness (QED) is 0.693. The highest BCUT2D eigenvalue weighted by Crippen LogP contribution is 2.60. The minimum Gasteiger partial charge on any atom is -0.325 e. The third-order valence-corrected chi connectivity index (χ3v) is 7.36. The number of nitrogens with one attached hydrogen (secondary N) is 1. The summed E-state index contributed by atoms with van der Waals surface area (Å²) in [5.41, 5.74) is 1.91. The lowest BCUT2D eigenvalue weighted by Crippen LogP contribution is -2.33. The summed E-state index contributed by atoms with van der Waals surface area (Å²) in [6.45, 7) is 0. The van der Waals surface area contributed by atoms with Crippen LogP contribution in [0, 0.1) is 23.2 Å². The molecular weight excluding hydrogens is 344 g/mol. The molecule has 0 aliphatic heterocycles. The summed E-state index contributed by atoms with van der Waals surface area (Å²) in [6.07, 6.45) is 9.97. The van der Waals surface area contributed by atoms with Gasteiger partial charge in [0.1, 0.15) is 5.15 Å². The van der Waals surface area contributed by atoms with E-state index in [0.717, 1.165) is 34.3 Å². The fraction of sp³-hybridized carbons (Fsp3) is 0.545. The fourth-order valence-electron chi connectivity index (χ4n) is 6.31. The molecule has 1 amide bonds. The molecule has 3 saturated carbocycles. The maximum absolute atomic E-state index is 13.0. The number of benzene rings is 1. The Kier molecular flexibility index (Phi) is 3.97. The molecule has 0 radical (unpaired) electrons. The Morgan fingerprint density at radius 1 is 1.19 bits per heavy atom. The monoisotopic (exact) mass is 368 g/mol. The van der Waals surface area contributed by atoms with Crippen LogP contribution >= 0.6 is 11.6 Å². The molecular formula is C22H25ClN2O. The van der Waals surface area contributed by atoms with Gasteiger partial charge in [-0.1, -0.05) is 30.5 Å². The van der Waals surface area contributed by atoms with Gasteiger partial charge in [-0.05, 0) is 79.5 Å². The van der Waals surface area contributed by atoms with Crippen molar-refractivity contribution in [2.45, 2.75) is 51.4 Å². The largest absolute Gasteiger partial charge is 0.325 e. The van der Waals surface area contributed by atoms with Crippen LogP contribution in [-0.4, -0.2) is 10.9 Å². The van der Waals surface area contributed by atoms with Gasteiger partial charge in [0, 0.05) is 11.8 Å². The summed E-state index contributed by atoms with van der Waals surface area (Å²) in [5.74, 6) is 2.86. The number of nitrogens with zero attached hydrogens (tertiary/aromatic N) is 1. The highest BCUT2D eigenvalue weighted by molar-refractivity contribution is 6.29. The molecule has 1 heterocycles. The number of halogens is 1. The van der Waals surface area contributed by atoms with Crippen LogP contribution in [0.5, 0.6) is 0 Å². The zero-order valence-corrected chi connectivity index (χ0v) is 15.8. The predicted octanol–water partition coefficient (Wildman–Crippen LogP) is 5.82. The summed E-state index contributed by atoms with van der Waals surface area (Å²) in [4.78, 5) is 17.3. The Morgan fingerprint density at radius 3 is 3.00 bits per heavy atom. The summed E-state index contributed by atoms with van der Waals surface area (Å²) in [5, 5.41) is 4.61. The van der Waals surface area contributed by atoms with E-state index in [-0.39, 0.29) is 11.3 Å². The van der Waals surface area contributed by atoms with E-state index in [1.54, 1.807) is 6.07 Å². The van der Waals surface area contributed by atoms with Gasteiger partial charge in [-0.3, -0.25) is 4.79 Å². The van der Waals surface area contributed by atoms with E-state index < -0.39 is 0 Å². The van der Waals surface area contributed by atoms with Crippen molar-refractivity contribution in [3.8, 4) is 0 Å². The molecule has 3 bridgehead atoms. The Hall–Kier alpha value is -1.61. The minimum absolute atomic E-state index is 0.159. The molecule has 3 fully saturated rings. The number of hydrogen-bond acceptors (Lipinski definition) is 2. The van der Waals surface area contributed by atoms with Crippen LogP contribution in [0.25, 0.3) is 10.9 Å². The first-order valence-electron chi connectivity index (χ1n) is 9.95. The molecule has 5 rings (SSSR count). The van der Waals surface area contributed by atoms with Gasteiger partial charge in [-0.15, -0.1) is 0 Å². The highest BCUT2D eigenvalue weighted by atomic mass is 35.5. The van der Waals surface area contributed by atoms with Gasteiger partial charge < -0.3 is 5.32 Å². The molecule has 1 aromatic heterocycles. The van der Waals surface area contributed by atoms with Gasteiger partial charge in [0.05, 0.1) is 11.2 Å². The van der Waals surface area contributed by atoms with E-state index in [0.29, 0.717) is 11.6 Å². The summed E-state index contributed by atoms with van der Waals surface area (Å²) < 4.78 is 0. The lowest BCUT2D eigenvalue weighted by molar-refractivity contribution is -0.119. The Labute approximate surface area is 159 Å². The van der Waals surface area contributed by atoms with Gasteiger partial charge in [0.2, 0.25) is 5.91 Å². The molecule has 136 valence electrons. The molecule has 4 unspecified atom stereocenters. The Balaban J connectivity index is 1.37. The normalized spacial score (nSPS) is 32.6. The highest BCUT2D eigenvalue weighted by Gasteiger charge is 2.50. The Bertz CT molecular complexity index is 866. The van der Waals surface area contributed by atoms with Gasteiger partial charge in [0.25, 0.3) is 0 Å². The minimum atomic E-state index is 0.159. The smallest absolute Gasteiger partial charge is 0.224 e. The summed E-state index contributed by atoms with van der Waals surface area (Å²) >= 11 is 6.00. The maximum Gasteiger partial charge on any atom is 0.224 e. The molecule has 0 spiro atoms. The second-order valence-corrected chi connectivity index (χ2v) is 9.28. The van der Waals surface area contributed by atoms with Crippen molar-refractivity contribution in [2.24, 2.45) is 23.2 Å². The van der Waals surface area contributed by atoms with Crippen LogP contribution < -0.4 is 5.32 Å². The first-order valence-corrected chi connectivity index (χ1v) is 10.3. The molecule has 4 atom stereocenters. The van der Waals surface area contributed by atoms with Gasteiger partial charge in [-0.25, -0.2) is 4.98 Å². The van der Waals surface area contributed by atoms with Gasteiger partial charge in [-0.2, -0.15) is 0 Å². The maximum atomic E-state index is 13.0. The zero-order chi connectivity index (χ0) is 17.7. The van der Waals surface area contributed by atoms with Crippen molar-refractivity contribution in [2.75, 3.05) is 5.32 Å². The van der Waals surface area contributed by atoms with Crippen LogP contribution in [0.2, 0.25) is 5.15 Å². The Morgan fingerprint density at radius 2 is 2.08 bits per heavy atom. The number of aromatic nitrogens is 1. The SMILES string of the molecule is O=C(CC12CCCC3CC(CC3C1)C2)Nc1cccc2nc(Cl)ccc12. The number of amides is 1. The molecule has 1 aromatic carbocycles. The third kappa shape index (κ3) is 2.90. The third-order valence-electron chi connectivity index (χ3n) is 7.15. The molecule has 0 saturated heterocycles. The number of rotatable bonds is 3. The fourth-order valence-corrected chi connectivity index (χ4v) is 6.46. The van der Waals surface area contributed by atoms with Crippen LogP contribution in [0.1, 0.15) is 51.4 Å². The first kappa shape index (κ1) is 16.6. The number of carbonyl (C=O) groups is 1. The lowest BCUT2D eigenvalue weighted by Gasteiger charge is -2.40. The second-order valence-electron chi connectivity index (χ2n) is 8.89. The van der Waals surface area contributed by atoms with E-state index >= 15 is 0 Å². The number of pyridine rings is 1. The van der Waals surface area contributed by atoms with E-state index in [9.17, 15) is 4.79 Å². The number of hydrogen-bond donors (Lipinski definition) is 1. The van der Waals surface area contributed by atoms with Crippen LogP contribution in [-0.2, 0) is 4.79 Å². The molecule has 3 nitrogen and oxygen atoms in total. The summed E-state index contributed by atoms with van der Waals surface area (Å²) in [6, 6.07) is 9.54. The van der Waals surface area contributed by atoms with Crippen LogP contribution in [0.3, 0.4) is 0 Å². The average molecular weight is 369 g/mol. The van der Waals surface area contributed by atoms with Crippen molar-refractivity contribution in [3.05, 3.63) is 35.5 Å². The topological polar surface area (TPSA) is 42.0 Å². The summed E-state index contributed by atoms with van der Waals surface area (Å²) in [7, 11) is 0. The molecule has 3 aliphatic rings. The van der Waals surface area contributed by atoms with E-state index in [1.807, 2.05) is 24.3 Å². The van der Waals surface area contributed by atoms with E-state index in [2.05, 4.69) is 10.3 Å². The number of fused-ring (bicyclic) bond motifs is 3. The average Bonchev–Trinajstić information content (AvgIpc) is 2.81. The van der Waals surface area contributed by atoms with Crippen molar-refractivity contribution in [1.82, 2.24) is 4.98 Å².